The maximum atomic E-state index is 13.6. The van der Waals surface area contributed by atoms with Crippen LogP contribution < -0.4 is 11.2 Å². The number of hydrogen-bond acceptors (Lipinski definition) is 3. The Balaban J connectivity index is 2.59. The first-order valence-corrected chi connectivity index (χ1v) is 6.30. The summed E-state index contributed by atoms with van der Waals surface area (Å²) in [7, 11) is 0. The van der Waals surface area contributed by atoms with Crippen molar-refractivity contribution in [1.29, 1.82) is 0 Å². The molecule has 19 heavy (non-hydrogen) atoms. The molecule has 0 saturated carbocycles. The van der Waals surface area contributed by atoms with Crippen LogP contribution in [0.5, 0.6) is 0 Å². The molecule has 0 atom stereocenters. The molecule has 0 aromatic carbocycles. The number of unbranched alkanes of at least 4 members (excludes halogenated alkanes) is 3. The number of aromatic nitrogens is 2. The molecule has 0 saturated heterocycles. The number of rotatable bonds is 7. The zero-order valence-electron chi connectivity index (χ0n) is 11.0. The molecular weight excluding hydrogens is 251 g/mol. The van der Waals surface area contributed by atoms with E-state index in [1.807, 2.05) is 0 Å². The van der Waals surface area contributed by atoms with Crippen molar-refractivity contribution in [1.82, 2.24) is 9.55 Å². The van der Waals surface area contributed by atoms with E-state index in [9.17, 15) is 14.0 Å². The lowest BCUT2D eigenvalue weighted by Crippen LogP contribution is -2.30. The lowest BCUT2D eigenvalue weighted by Gasteiger charge is -2.04. The maximum absolute atomic E-state index is 13.6. The number of nitrogens with one attached hydrogen (secondary N) is 1. The fourth-order valence-electron chi connectivity index (χ4n) is 1.65. The predicted octanol–water partition coefficient (Wildman–Crippen LogP) is 1.25. The molecule has 0 fully saturated rings. The van der Waals surface area contributed by atoms with Gasteiger partial charge < -0.3 is 5.11 Å². The third-order valence-electron chi connectivity index (χ3n) is 2.74. The van der Waals surface area contributed by atoms with E-state index in [-0.39, 0.29) is 13.2 Å². The molecule has 0 unspecified atom stereocenters. The number of aryl methyl sites for hydroxylation is 1. The highest BCUT2D eigenvalue weighted by Gasteiger charge is 2.03. The number of hydrogen-bond donors (Lipinski definition) is 2. The number of nitrogens with zero attached hydrogens (tertiary/aromatic N) is 1. The van der Waals surface area contributed by atoms with Gasteiger partial charge >= 0.3 is 5.69 Å². The molecule has 6 heteroatoms. The highest BCUT2D eigenvalue weighted by atomic mass is 19.1. The highest BCUT2D eigenvalue weighted by Crippen LogP contribution is 2.06. The van der Waals surface area contributed by atoms with Crippen LogP contribution in [0.15, 0.2) is 27.7 Å². The van der Waals surface area contributed by atoms with Gasteiger partial charge in [-0.3, -0.25) is 14.3 Å². The second kappa shape index (κ2) is 7.68. The molecule has 0 aliphatic rings. The summed E-state index contributed by atoms with van der Waals surface area (Å²) < 4.78 is 14.7. The van der Waals surface area contributed by atoms with E-state index in [4.69, 9.17) is 5.11 Å². The van der Waals surface area contributed by atoms with Gasteiger partial charge in [-0.15, -0.1) is 0 Å². The molecule has 1 aromatic heterocycles. The minimum absolute atomic E-state index is 0.151. The van der Waals surface area contributed by atoms with E-state index in [0.29, 0.717) is 18.4 Å². The molecule has 2 N–H and O–H groups in total. The van der Waals surface area contributed by atoms with Gasteiger partial charge in [0.25, 0.3) is 5.56 Å². The molecule has 1 rings (SSSR count). The first-order valence-electron chi connectivity index (χ1n) is 6.30. The van der Waals surface area contributed by atoms with Gasteiger partial charge in [-0.05, 0) is 26.2 Å². The lowest BCUT2D eigenvalue weighted by molar-refractivity contribution is 0.283. The standard InChI is InChI=1S/C13H19FN2O3/c1-10-8-16(13(19)15-12(10)18)9-11(14)6-4-2-3-5-7-17/h6,8,17H,2-5,7,9H2,1H3,(H,15,18,19)/b11-6-. The smallest absolute Gasteiger partial charge is 0.328 e. The summed E-state index contributed by atoms with van der Waals surface area (Å²) >= 11 is 0. The van der Waals surface area contributed by atoms with Gasteiger partial charge in [0.05, 0.1) is 6.54 Å². The minimum atomic E-state index is -0.612. The predicted molar refractivity (Wildman–Crippen MR) is 70.8 cm³/mol. The zero-order chi connectivity index (χ0) is 14.3. The van der Waals surface area contributed by atoms with Crippen molar-refractivity contribution in [3.63, 3.8) is 0 Å². The third-order valence-corrected chi connectivity index (χ3v) is 2.74. The van der Waals surface area contributed by atoms with Crippen molar-refractivity contribution in [2.45, 2.75) is 39.2 Å². The number of aromatic amines is 1. The highest BCUT2D eigenvalue weighted by molar-refractivity contribution is 5.02. The average molecular weight is 270 g/mol. The first-order chi connectivity index (χ1) is 9.04. The van der Waals surface area contributed by atoms with Crippen LogP contribution in [0.25, 0.3) is 0 Å². The third kappa shape index (κ3) is 5.21. The summed E-state index contributed by atoms with van der Waals surface area (Å²) in [6.45, 7) is 1.54. The molecule has 0 radical (unpaired) electrons. The summed E-state index contributed by atoms with van der Waals surface area (Å²) in [5, 5.41) is 8.59. The quantitative estimate of drug-likeness (QED) is 0.732. The summed E-state index contributed by atoms with van der Waals surface area (Å²) in [4.78, 5) is 24.7. The number of H-pyrrole nitrogens is 1. The van der Waals surface area contributed by atoms with E-state index in [2.05, 4.69) is 4.98 Å². The Kier molecular flexibility index (Phi) is 6.21. The molecular formula is C13H19FN2O3. The second-order valence-corrected chi connectivity index (χ2v) is 4.42. The van der Waals surface area contributed by atoms with Crippen LogP contribution >= 0.6 is 0 Å². The molecule has 1 aromatic rings. The monoisotopic (exact) mass is 270 g/mol. The van der Waals surface area contributed by atoms with E-state index < -0.39 is 17.1 Å². The van der Waals surface area contributed by atoms with Gasteiger partial charge in [-0.2, -0.15) is 0 Å². The Labute approximate surface area is 110 Å². The van der Waals surface area contributed by atoms with E-state index in [1.165, 1.54) is 12.3 Å². The first kappa shape index (κ1) is 15.4. The van der Waals surface area contributed by atoms with Crippen molar-refractivity contribution < 1.29 is 9.50 Å². The van der Waals surface area contributed by atoms with Gasteiger partial charge in [0.15, 0.2) is 0 Å². The van der Waals surface area contributed by atoms with Crippen LogP contribution in [-0.2, 0) is 6.54 Å². The zero-order valence-corrected chi connectivity index (χ0v) is 11.0. The largest absolute Gasteiger partial charge is 0.396 e. The fraction of sp³-hybridized carbons (Fsp3) is 0.538. The van der Waals surface area contributed by atoms with Crippen molar-refractivity contribution >= 4 is 0 Å². The van der Waals surface area contributed by atoms with Crippen LogP contribution in [0.4, 0.5) is 4.39 Å². The molecule has 106 valence electrons. The van der Waals surface area contributed by atoms with Crippen molar-refractivity contribution in [3.8, 4) is 0 Å². The van der Waals surface area contributed by atoms with Gasteiger partial charge in [0.1, 0.15) is 5.83 Å². The van der Waals surface area contributed by atoms with Crippen LogP contribution in [0.2, 0.25) is 0 Å². The molecule has 5 nitrogen and oxygen atoms in total. The minimum Gasteiger partial charge on any atom is -0.396 e. The van der Waals surface area contributed by atoms with Crippen molar-refractivity contribution in [3.05, 3.63) is 44.5 Å². The van der Waals surface area contributed by atoms with Crippen molar-refractivity contribution in [2.24, 2.45) is 0 Å². The van der Waals surface area contributed by atoms with Crippen molar-refractivity contribution in [2.75, 3.05) is 6.61 Å². The Morgan fingerprint density at radius 2 is 2.16 bits per heavy atom. The van der Waals surface area contributed by atoms with Gasteiger partial charge in [0.2, 0.25) is 0 Å². The van der Waals surface area contributed by atoms with E-state index in [1.54, 1.807) is 6.92 Å². The fourth-order valence-corrected chi connectivity index (χ4v) is 1.65. The molecule has 0 aliphatic heterocycles. The SMILES string of the molecule is Cc1cn(C/C(F)=C/CCCCCO)c(=O)[nH]c1=O. The topological polar surface area (TPSA) is 75.1 Å². The molecule has 1 heterocycles. The number of aliphatic hydroxyl groups is 1. The van der Waals surface area contributed by atoms with E-state index >= 15 is 0 Å². The number of aliphatic hydroxyl groups excluding tert-OH is 1. The van der Waals surface area contributed by atoms with E-state index in [0.717, 1.165) is 17.4 Å². The Bertz CT molecular complexity index is 546. The van der Waals surface area contributed by atoms with Crippen LogP contribution in [0.1, 0.15) is 31.2 Å². The number of allylic oxidation sites excluding steroid dienone is 2. The normalized spacial score (nSPS) is 11.8. The summed E-state index contributed by atoms with van der Waals surface area (Å²) in [6.07, 6.45) is 5.72. The summed E-state index contributed by atoms with van der Waals surface area (Å²) in [6, 6.07) is 0. The summed E-state index contributed by atoms with van der Waals surface area (Å²) in [5.41, 5.74) is -0.690. The van der Waals surface area contributed by atoms with Crippen LogP contribution in [-0.4, -0.2) is 21.3 Å². The summed E-state index contributed by atoms with van der Waals surface area (Å²) in [5.74, 6) is -0.405. The van der Waals surface area contributed by atoms with Gasteiger partial charge in [-0.1, -0.05) is 12.5 Å². The second-order valence-electron chi connectivity index (χ2n) is 4.42. The molecule has 0 aliphatic carbocycles. The molecule has 0 spiro atoms. The van der Waals surface area contributed by atoms with Crippen LogP contribution in [0, 0.1) is 6.92 Å². The van der Waals surface area contributed by atoms with Crippen LogP contribution in [0.3, 0.4) is 0 Å². The Hall–Kier alpha value is -1.69. The lowest BCUT2D eigenvalue weighted by atomic mass is 10.2. The maximum Gasteiger partial charge on any atom is 0.328 e. The van der Waals surface area contributed by atoms with Gasteiger partial charge in [-0.25, -0.2) is 9.18 Å². The molecule has 0 amide bonds. The number of halogens is 1. The van der Waals surface area contributed by atoms with Gasteiger partial charge in [0, 0.05) is 18.4 Å². The molecule has 0 bridgehead atoms. The Morgan fingerprint density at radius 3 is 2.84 bits per heavy atom. The average Bonchev–Trinajstić information content (AvgIpc) is 2.35. The Morgan fingerprint density at radius 1 is 1.42 bits per heavy atom.